The summed E-state index contributed by atoms with van der Waals surface area (Å²) >= 11 is 1.64. The van der Waals surface area contributed by atoms with Crippen LogP contribution in [-0.2, 0) is 19.7 Å². The van der Waals surface area contributed by atoms with Crippen molar-refractivity contribution in [1.82, 2.24) is 35.0 Å². The van der Waals surface area contributed by atoms with Crippen molar-refractivity contribution in [1.29, 1.82) is 0 Å². The van der Waals surface area contributed by atoms with Gasteiger partial charge in [0, 0.05) is 17.9 Å². The van der Waals surface area contributed by atoms with Crippen molar-refractivity contribution in [2.45, 2.75) is 44.1 Å². The molecule has 34 heavy (non-hydrogen) atoms. The highest BCUT2D eigenvalue weighted by molar-refractivity contribution is 7.99. The standard InChI is InChI=1S/C24H26FN7OS/c1-2-15-31-22(18-33-21-14-8-7-13-20(21)25)26-28-24(31)34-17-10-4-9-16-32-29-23(27-30-32)19-11-5-3-6-12-19/h2-3,5-8,11-14H,1,4,9-10,15-18H2. The van der Waals surface area contributed by atoms with Gasteiger partial charge in [-0.3, -0.25) is 4.57 Å². The molecule has 176 valence electrons. The normalized spacial score (nSPS) is 11.0. The van der Waals surface area contributed by atoms with E-state index in [1.807, 2.05) is 34.9 Å². The van der Waals surface area contributed by atoms with E-state index in [-0.39, 0.29) is 12.4 Å². The molecule has 2 aromatic heterocycles. The number of hydrogen-bond donors (Lipinski definition) is 0. The van der Waals surface area contributed by atoms with Gasteiger partial charge in [0.1, 0.15) is 6.61 Å². The number of rotatable bonds is 13. The Balaban J connectivity index is 1.21. The number of halogens is 1. The molecule has 0 bridgehead atoms. The van der Waals surface area contributed by atoms with E-state index in [0.717, 1.165) is 42.3 Å². The largest absolute Gasteiger partial charge is 0.483 e. The molecule has 0 saturated heterocycles. The first-order valence-electron chi connectivity index (χ1n) is 11.1. The summed E-state index contributed by atoms with van der Waals surface area (Å²) < 4.78 is 21.3. The molecule has 2 aromatic carbocycles. The molecule has 0 aliphatic heterocycles. The second kappa shape index (κ2) is 12.1. The zero-order valence-electron chi connectivity index (χ0n) is 18.8. The van der Waals surface area contributed by atoms with Crippen LogP contribution < -0.4 is 4.74 Å². The Hall–Kier alpha value is -3.53. The third-order valence-electron chi connectivity index (χ3n) is 5.02. The van der Waals surface area contributed by atoms with E-state index >= 15 is 0 Å². The number of para-hydroxylation sites is 1. The van der Waals surface area contributed by atoms with E-state index in [2.05, 4.69) is 32.2 Å². The summed E-state index contributed by atoms with van der Waals surface area (Å²) in [7, 11) is 0. The second-order valence-corrected chi connectivity index (χ2v) is 8.56. The average Bonchev–Trinajstić information content (AvgIpc) is 3.49. The summed E-state index contributed by atoms with van der Waals surface area (Å²) in [5.41, 5.74) is 0.965. The van der Waals surface area contributed by atoms with Crippen molar-refractivity contribution in [3.63, 3.8) is 0 Å². The molecule has 0 fully saturated rings. The van der Waals surface area contributed by atoms with Crippen molar-refractivity contribution in [2.75, 3.05) is 5.75 Å². The predicted octanol–water partition coefficient (Wildman–Crippen LogP) is 4.80. The van der Waals surface area contributed by atoms with Crippen molar-refractivity contribution in [3.8, 4) is 17.1 Å². The van der Waals surface area contributed by atoms with Crippen molar-refractivity contribution < 1.29 is 9.13 Å². The predicted molar refractivity (Wildman–Crippen MR) is 129 cm³/mol. The lowest BCUT2D eigenvalue weighted by Gasteiger charge is -2.09. The van der Waals surface area contributed by atoms with Crippen molar-refractivity contribution in [3.05, 3.63) is 78.9 Å². The van der Waals surface area contributed by atoms with Crippen molar-refractivity contribution >= 4 is 11.8 Å². The van der Waals surface area contributed by atoms with Crippen LogP contribution in [0.4, 0.5) is 4.39 Å². The highest BCUT2D eigenvalue weighted by Gasteiger charge is 2.13. The molecule has 0 amide bonds. The molecule has 0 saturated carbocycles. The molecule has 0 aliphatic carbocycles. The highest BCUT2D eigenvalue weighted by atomic mass is 32.2. The van der Waals surface area contributed by atoms with Crippen LogP contribution in [0.3, 0.4) is 0 Å². The van der Waals surface area contributed by atoms with Crippen LogP contribution in [0.15, 0.2) is 72.4 Å². The first kappa shape index (κ1) is 23.6. The van der Waals surface area contributed by atoms with E-state index < -0.39 is 5.82 Å². The molecule has 10 heteroatoms. The Morgan fingerprint density at radius 2 is 1.79 bits per heavy atom. The first-order valence-corrected chi connectivity index (χ1v) is 12.1. The summed E-state index contributed by atoms with van der Waals surface area (Å²) in [5.74, 6) is 1.99. The molecule has 0 spiro atoms. The number of ether oxygens (including phenoxy) is 1. The van der Waals surface area contributed by atoms with Crippen LogP contribution in [0.2, 0.25) is 0 Å². The maximum atomic E-state index is 13.8. The molecule has 0 N–H and O–H groups in total. The number of aryl methyl sites for hydroxylation is 1. The molecule has 8 nitrogen and oxygen atoms in total. The highest BCUT2D eigenvalue weighted by Crippen LogP contribution is 2.21. The number of allylic oxidation sites excluding steroid dienone is 1. The van der Waals surface area contributed by atoms with E-state index in [1.54, 1.807) is 40.8 Å². The van der Waals surface area contributed by atoms with Crippen LogP contribution in [0.25, 0.3) is 11.4 Å². The topological polar surface area (TPSA) is 83.5 Å². The number of unbranched alkanes of at least 4 members (excludes halogenated alkanes) is 2. The minimum Gasteiger partial charge on any atom is -0.483 e. The molecule has 4 aromatic rings. The Kier molecular flexibility index (Phi) is 8.39. The minimum atomic E-state index is -0.399. The summed E-state index contributed by atoms with van der Waals surface area (Å²) in [6.45, 7) is 5.25. The van der Waals surface area contributed by atoms with Crippen molar-refractivity contribution in [2.24, 2.45) is 0 Å². The van der Waals surface area contributed by atoms with Crippen LogP contribution >= 0.6 is 11.8 Å². The van der Waals surface area contributed by atoms with Crippen LogP contribution in [0, 0.1) is 5.82 Å². The zero-order valence-corrected chi connectivity index (χ0v) is 19.6. The van der Waals surface area contributed by atoms with Gasteiger partial charge in [-0.25, -0.2) is 4.39 Å². The summed E-state index contributed by atoms with van der Waals surface area (Å²) in [6, 6.07) is 16.2. The van der Waals surface area contributed by atoms with E-state index in [4.69, 9.17) is 4.74 Å². The van der Waals surface area contributed by atoms with E-state index in [0.29, 0.717) is 18.2 Å². The molecular formula is C24H26FN7OS. The van der Waals surface area contributed by atoms with Gasteiger partial charge in [-0.15, -0.1) is 27.0 Å². The number of tetrazole rings is 1. The maximum absolute atomic E-state index is 13.8. The van der Waals surface area contributed by atoms with Gasteiger partial charge in [0.25, 0.3) is 0 Å². The minimum absolute atomic E-state index is 0.137. The molecule has 4 rings (SSSR count). The number of aromatic nitrogens is 7. The number of thioether (sulfide) groups is 1. The summed E-state index contributed by atoms with van der Waals surface area (Å²) in [5, 5.41) is 22.0. The Bertz CT molecular complexity index is 1200. The summed E-state index contributed by atoms with van der Waals surface area (Å²) in [4.78, 5) is 1.65. The molecule has 0 atom stereocenters. The molecule has 0 unspecified atom stereocenters. The lowest BCUT2D eigenvalue weighted by Crippen LogP contribution is -2.08. The van der Waals surface area contributed by atoms with Gasteiger partial charge in [-0.1, -0.05) is 66.7 Å². The van der Waals surface area contributed by atoms with E-state index in [9.17, 15) is 4.39 Å². The van der Waals surface area contributed by atoms with Gasteiger partial charge in [-0.2, -0.15) is 4.80 Å². The van der Waals surface area contributed by atoms with Gasteiger partial charge in [0.15, 0.2) is 22.5 Å². The molecule has 0 aliphatic rings. The SMILES string of the molecule is C=CCn1c(COc2ccccc2F)nnc1SCCCCCn1nnc(-c2ccccc2)n1. The zero-order chi connectivity index (χ0) is 23.6. The second-order valence-electron chi connectivity index (χ2n) is 7.50. The van der Waals surface area contributed by atoms with Gasteiger partial charge in [-0.05, 0) is 30.2 Å². The van der Waals surface area contributed by atoms with E-state index in [1.165, 1.54) is 6.07 Å². The van der Waals surface area contributed by atoms with Gasteiger partial charge in [0.2, 0.25) is 5.82 Å². The Morgan fingerprint density at radius 1 is 0.971 bits per heavy atom. The first-order chi connectivity index (χ1) is 16.7. The average molecular weight is 480 g/mol. The summed E-state index contributed by atoms with van der Waals surface area (Å²) in [6.07, 6.45) is 4.81. The number of benzene rings is 2. The third-order valence-corrected chi connectivity index (χ3v) is 6.07. The maximum Gasteiger partial charge on any atom is 0.204 e. The van der Waals surface area contributed by atoms with Gasteiger partial charge in [0.05, 0.1) is 6.54 Å². The third kappa shape index (κ3) is 6.28. The number of hydrogen-bond acceptors (Lipinski definition) is 7. The lowest BCUT2D eigenvalue weighted by atomic mass is 10.2. The quantitative estimate of drug-likeness (QED) is 0.155. The smallest absolute Gasteiger partial charge is 0.204 e. The van der Waals surface area contributed by atoms with Crippen LogP contribution in [0.1, 0.15) is 25.1 Å². The monoisotopic (exact) mass is 479 g/mol. The molecular weight excluding hydrogens is 453 g/mol. The van der Waals surface area contributed by atoms with Gasteiger partial charge >= 0.3 is 0 Å². The number of nitrogens with zero attached hydrogens (tertiary/aromatic N) is 7. The Labute approximate surface area is 201 Å². The van der Waals surface area contributed by atoms with Crippen LogP contribution in [0.5, 0.6) is 5.75 Å². The fraction of sp³-hybridized carbons (Fsp3) is 0.292. The van der Waals surface area contributed by atoms with Crippen LogP contribution in [-0.4, -0.2) is 40.7 Å². The van der Waals surface area contributed by atoms with Gasteiger partial charge < -0.3 is 4.74 Å². The molecule has 2 heterocycles. The fourth-order valence-electron chi connectivity index (χ4n) is 3.29. The lowest BCUT2D eigenvalue weighted by molar-refractivity contribution is 0.275. The molecule has 0 radical (unpaired) electrons. The fourth-order valence-corrected chi connectivity index (χ4v) is 4.25. The Morgan fingerprint density at radius 3 is 2.62 bits per heavy atom.